The van der Waals surface area contributed by atoms with Crippen molar-refractivity contribution in [3.8, 4) is 0 Å². The van der Waals surface area contributed by atoms with E-state index in [0.717, 1.165) is 57.2 Å². The van der Waals surface area contributed by atoms with E-state index in [1.165, 1.54) is 5.56 Å². The first-order valence-electron chi connectivity index (χ1n) is 8.13. The third kappa shape index (κ3) is 5.13. The zero-order valence-electron chi connectivity index (χ0n) is 13.9. The average Bonchev–Trinajstić information content (AvgIpc) is 2.79. The van der Waals surface area contributed by atoms with Gasteiger partial charge in [-0.05, 0) is 50.9 Å². The lowest BCUT2D eigenvalue weighted by Gasteiger charge is -2.30. The summed E-state index contributed by atoms with van der Waals surface area (Å²) in [5, 5.41) is 3.45. The van der Waals surface area contributed by atoms with Crippen molar-refractivity contribution < 1.29 is 9.15 Å². The molecule has 0 aromatic carbocycles. The van der Waals surface area contributed by atoms with E-state index in [9.17, 15) is 0 Å². The van der Waals surface area contributed by atoms with Crippen LogP contribution in [0.3, 0.4) is 0 Å². The monoisotopic (exact) mass is 294 g/mol. The minimum absolute atomic E-state index is 0.617. The fourth-order valence-corrected chi connectivity index (χ4v) is 2.82. The third-order valence-electron chi connectivity index (χ3n) is 4.13. The Hall–Kier alpha value is -0.840. The van der Waals surface area contributed by atoms with Crippen LogP contribution < -0.4 is 5.32 Å². The number of nitrogens with zero attached hydrogens (tertiary/aromatic N) is 1. The summed E-state index contributed by atoms with van der Waals surface area (Å²) in [7, 11) is 2.19. The van der Waals surface area contributed by atoms with Crippen molar-refractivity contribution in [2.24, 2.45) is 5.92 Å². The molecule has 1 fully saturated rings. The van der Waals surface area contributed by atoms with Crippen LogP contribution in [0.15, 0.2) is 10.5 Å². The molecule has 1 aliphatic rings. The Labute approximate surface area is 128 Å². The summed E-state index contributed by atoms with van der Waals surface area (Å²) in [5.74, 6) is 2.81. The number of aryl methyl sites for hydroxylation is 1. The Morgan fingerprint density at radius 2 is 2.05 bits per heavy atom. The Morgan fingerprint density at radius 3 is 2.71 bits per heavy atom. The van der Waals surface area contributed by atoms with E-state index < -0.39 is 0 Å². The Balaban J connectivity index is 1.85. The maximum atomic E-state index is 6.02. The van der Waals surface area contributed by atoms with E-state index in [0.29, 0.717) is 12.0 Å². The smallest absolute Gasteiger partial charge is 0.120 e. The molecule has 0 aliphatic carbocycles. The highest BCUT2D eigenvalue weighted by Crippen LogP contribution is 2.19. The molecule has 0 amide bonds. The Kier molecular flexibility index (Phi) is 6.27. The van der Waals surface area contributed by atoms with Crippen LogP contribution in [0.2, 0.25) is 0 Å². The minimum atomic E-state index is 0.617. The SMILES string of the molecule is Cc1cc(CN(C)C2CCOCC2)oc1CNCC(C)C. The van der Waals surface area contributed by atoms with E-state index in [4.69, 9.17) is 9.15 Å². The molecule has 1 aliphatic heterocycles. The average molecular weight is 294 g/mol. The molecule has 1 aromatic heterocycles. The van der Waals surface area contributed by atoms with E-state index in [1.807, 2.05) is 0 Å². The van der Waals surface area contributed by atoms with Crippen LogP contribution in [0.1, 0.15) is 43.8 Å². The van der Waals surface area contributed by atoms with Gasteiger partial charge in [-0.1, -0.05) is 13.8 Å². The Bertz CT molecular complexity index is 422. The second kappa shape index (κ2) is 7.97. The number of hydrogen-bond acceptors (Lipinski definition) is 4. The summed E-state index contributed by atoms with van der Waals surface area (Å²) in [5.41, 5.74) is 1.25. The normalized spacial score (nSPS) is 17.0. The minimum Gasteiger partial charge on any atom is -0.463 e. The van der Waals surface area contributed by atoms with Gasteiger partial charge in [0.25, 0.3) is 0 Å². The zero-order valence-corrected chi connectivity index (χ0v) is 13.9. The van der Waals surface area contributed by atoms with Gasteiger partial charge >= 0.3 is 0 Å². The predicted octanol–water partition coefficient (Wildman–Crippen LogP) is 2.94. The first-order chi connectivity index (χ1) is 10.1. The zero-order chi connectivity index (χ0) is 15.2. The van der Waals surface area contributed by atoms with Crippen molar-refractivity contribution in [3.05, 3.63) is 23.2 Å². The highest BCUT2D eigenvalue weighted by Gasteiger charge is 2.19. The second-order valence-electron chi connectivity index (χ2n) is 6.60. The second-order valence-corrected chi connectivity index (χ2v) is 6.60. The molecule has 1 aromatic rings. The van der Waals surface area contributed by atoms with Crippen molar-refractivity contribution in [1.82, 2.24) is 10.2 Å². The third-order valence-corrected chi connectivity index (χ3v) is 4.13. The van der Waals surface area contributed by atoms with Gasteiger partial charge in [0, 0.05) is 19.3 Å². The molecule has 0 radical (unpaired) electrons. The van der Waals surface area contributed by atoms with Crippen LogP contribution in [0.5, 0.6) is 0 Å². The van der Waals surface area contributed by atoms with Crippen molar-refractivity contribution in [1.29, 1.82) is 0 Å². The first-order valence-corrected chi connectivity index (χ1v) is 8.13. The van der Waals surface area contributed by atoms with Gasteiger partial charge in [0.15, 0.2) is 0 Å². The molecule has 0 bridgehead atoms. The van der Waals surface area contributed by atoms with E-state index in [1.54, 1.807) is 0 Å². The summed E-state index contributed by atoms with van der Waals surface area (Å²) < 4.78 is 11.5. The van der Waals surface area contributed by atoms with Gasteiger partial charge < -0.3 is 14.5 Å². The molecule has 0 unspecified atom stereocenters. The lowest BCUT2D eigenvalue weighted by Crippen LogP contribution is -2.36. The maximum Gasteiger partial charge on any atom is 0.120 e. The molecule has 120 valence electrons. The molecular weight excluding hydrogens is 264 g/mol. The Morgan fingerprint density at radius 1 is 1.33 bits per heavy atom. The van der Waals surface area contributed by atoms with Crippen LogP contribution >= 0.6 is 0 Å². The standard InChI is InChI=1S/C17H30N2O2/c1-13(2)10-18-11-17-14(3)9-16(21-17)12-19(4)15-5-7-20-8-6-15/h9,13,15,18H,5-8,10-12H2,1-4H3. The quantitative estimate of drug-likeness (QED) is 0.839. The van der Waals surface area contributed by atoms with Gasteiger partial charge in [0.2, 0.25) is 0 Å². The van der Waals surface area contributed by atoms with Gasteiger partial charge in [-0.15, -0.1) is 0 Å². The summed E-state index contributed by atoms with van der Waals surface area (Å²) in [6.07, 6.45) is 2.25. The summed E-state index contributed by atoms with van der Waals surface area (Å²) >= 11 is 0. The number of nitrogens with one attached hydrogen (secondary N) is 1. The van der Waals surface area contributed by atoms with Crippen molar-refractivity contribution in [3.63, 3.8) is 0 Å². The molecule has 0 atom stereocenters. The van der Waals surface area contributed by atoms with Crippen molar-refractivity contribution in [2.45, 2.75) is 52.7 Å². The molecule has 2 rings (SSSR count). The van der Waals surface area contributed by atoms with Gasteiger partial charge in [0.05, 0.1) is 13.1 Å². The molecule has 2 heterocycles. The molecule has 4 nitrogen and oxygen atoms in total. The van der Waals surface area contributed by atoms with Crippen LogP contribution in [0, 0.1) is 12.8 Å². The van der Waals surface area contributed by atoms with E-state index in [2.05, 4.69) is 44.1 Å². The van der Waals surface area contributed by atoms with E-state index in [-0.39, 0.29) is 0 Å². The maximum absolute atomic E-state index is 6.02. The number of furan rings is 1. The van der Waals surface area contributed by atoms with Crippen LogP contribution in [0.25, 0.3) is 0 Å². The van der Waals surface area contributed by atoms with Gasteiger partial charge in [-0.3, -0.25) is 4.90 Å². The fourth-order valence-electron chi connectivity index (χ4n) is 2.82. The lowest BCUT2D eigenvalue weighted by atomic mass is 10.1. The largest absolute Gasteiger partial charge is 0.463 e. The van der Waals surface area contributed by atoms with Gasteiger partial charge in [-0.25, -0.2) is 0 Å². The molecule has 4 heteroatoms. The van der Waals surface area contributed by atoms with Crippen molar-refractivity contribution >= 4 is 0 Å². The number of ether oxygens (including phenoxy) is 1. The van der Waals surface area contributed by atoms with Gasteiger partial charge in [0.1, 0.15) is 11.5 Å². The van der Waals surface area contributed by atoms with Gasteiger partial charge in [-0.2, -0.15) is 0 Å². The highest BCUT2D eigenvalue weighted by atomic mass is 16.5. The fraction of sp³-hybridized carbons (Fsp3) is 0.765. The van der Waals surface area contributed by atoms with Crippen LogP contribution in [0.4, 0.5) is 0 Å². The number of hydrogen-bond donors (Lipinski definition) is 1. The molecule has 1 N–H and O–H groups in total. The molecule has 21 heavy (non-hydrogen) atoms. The lowest BCUT2D eigenvalue weighted by molar-refractivity contribution is 0.0386. The topological polar surface area (TPSA) is 37.6 Å². The number of rotatable bonds is 7. The van der Waals surface area contributed by atoms with Crippen molar-refractivity contribution in [2.75, 3.05) is 26.8 Å². The molecule has 1 saturated heterocycles. The summed E-state index contributed by atoms with van der Waals surface area (Å²) in [6.45, 7) is 11.1. The molecular formula is C17H30N2O2. The van der Waals surface area contributed by atoms with Crippen LogP contribution in [-0.2, 0) is 17.8 Å². The first kappa shape index (κ1) is 16.5. The summed E-state index contributed by atoms with van der Waals surface area (Å²) in [6, 6.07) is 2.80. The molecule has 0 saturated carbocycles. The van der Waals surface area contributed by atoms with E-state index >= 15 is 0 Å². The highest BCUT2D eigenvalue weighted by molar-refractivity contribution is 5.20. The summed E-state index contributed by atoms with van der Waals surface area (Å²) in [4.78, 5) is 2.39. The molecule has 0 spiro atoms. The predicted molar refractivity (Wildman–Crippen MR) is 85.3 cm³/mol. The van der Waals surface area contributed by atoms with Crippen LogP contribution in [-0.4, -0.2) is 37.7 Å².